The highest BCUT2D eigenvalue weighted by molar-refractivity contribution is 9.10. The molecule has 0 unspecified atom stereocenters. The van der Waals surface area contributed by atoms with E-state index in [-0.39, 0.29) is 5.91 Å². The SMILES string of the molecule is C#CCN(C(=O)c1ccc(Br)cc1)C1=CCCC1. The monoisotopic (exact) mass is 303 g/mol. The maximum atomic E-state index is 12.4. The summed E-state index contributed by atoms with van der Waals surface area (Å²) in [5.41, 5.74) is 1.72. The number of carbonyl (C=O) groups is 1. The van der Waals surface area contributed by atoms with Crippen molar-refractivity contribution in [2.45, 2.75) is 19.3 Å². The van der Waals surface area contributed by atoms with Gasteiger partial charge in [-0.15, -0.1) is 6.42 Å². The van der Waals surface area contributed by atoms with Crippen LogP contribution in [0.3, 0.4) is 0 Å². The van der Waals surface area contributed by atoms with Crippen LogP contribution >= 0.6 is 15.9 Å². The van der Waals surface area contributed by atoms with E-state index in [1.165, 1.54) is 0 Å². The fraction of sp³-hybridized carbons (Fsp3) is 0.267. The number of amides is 1. The van der Waals surface area contributed by atoms with Gasteiger partial charge in [-0.25, -0.2) is 0 Å². The molecule has 1 aliphatic carbocycles. The van der Waals surface area contributed by atoms with Gasteiger partial charge < -0.3 is 4.90 Å². The predicted molar refractivity (Wildman–Crippen MR) is 75.9 cm³/mol. The van der Waals surface area contributed by atoms with Gasteiger partial charge in [0.1, 0.15) is 0 Å². The molecule has 0 aromatic heterocycles. The Morgan fingerprint density at radius 3 is 2.67 bits per heavy atom. The van der Waals surface area contributed by atoms with Crippen LogP contribution in [-0.2, 0) is 0 Å². The molecular weight excluding hydrogens is 290 g/mol. The molecule has 3 heteroatoms. The van der Waals surface area contributed by atoms with Crippen LogP contribution in [0.25, 0.3) is 0 Å². The van der Waals surface area contributed by atoms with Gasteiger partial charge in [-0.2, -0.15) is 0 Å². The van der Waals surface area contributed by atoms with Gasteiger partial charge in [0.2, 0.25) is 0 Å². The first-order valence-corrected chi connectivity index (χ1v) is 6.71. The third kappa shape index (κ3) is 2.83. The molecule has 18 heavy (non-hydrogen) atoms. The lowest BCUT2D eigenvalue weighted by molar-refractivity contribution is 0.0819. The lowest BCUT2D eigenvalue weighted by Gasteiger charge is -2.21. The average molecular weight is 304 g/mol. The molecule has 0 saturated heterocycles. The van der Waals surface area contributed by atoms with E-state index in [1.54, 1.807) is 4.90 Å². The van der Waals surface area contributed by atoms with Crippen LogP contribution < -0.4 is 0 Å². The molecule has 2 nitrogen and oxygen atoms in total. The Bertz CT molecular complexity index is 510. The number of allylic oxidation sites excluding steroid dienone is 2. The minimum Gasteiger partial charge on any atom is -0.301 e. The van der Waals surface area contributed by atoms with E-state index in [1.807, 2.05) is 24.3 Å². The van der Waals surface area contributed by atoms with Crippen molar-refractivity contribution in [3.8, 4) is 12.3 Å². The number of halogens is 1. The first-order valence-electron chi connectivity index (χ1n) is 5.92. The summed E-state index contributed by atoms with van der Waals surface area (Å²) in [7, 11) is 0. The summed E-state index contributed by atoms with van der Waals surface area (Å²) in [5, 5.41) is 0. The van der Waals surface area contributed by atoms with E-state index >= 15 is 0 Å². The smallest absolute Gasteiger partial charge is 0.258 e. The zero-order valence-electron chi connectivity index (χ0n) is 10.0. The Hall–Kier alpha value is -1.53. The molecule has 2 rings (SSSR count). The number of benzene rings is 1. The lowest BCUT2D eigenvalue weighted by Crippen LogP contribution is -2.30. The molecule has 0 atom stereocenters. The quantitative estimate of drug-likeness (QED) is 0.782. The number of rotatable bonds is 3. The maximum absolute atomic E-state index is 12.4. The van der Waals surface area contributed by atoms with Gasteiger partial charge in [0.15, 0.2) is 0 Å². The number of terminal acetylenes is 1. The second-order valence-corrected chi connectivity index (χ2v) is 5.11. The van der Waals surface area contributed by atoms with Crippen molar-refractivity contribution < 1.29 is 4.79 Å². The van der Waals surface area contributed by atoms with Crippen LogP contribution in [0.15, 0.2) is 40.5 Å². The summed E-state index contributed by atoms with van der Waals surface area (Å²) in [4.78, 5) is 14.1. The Labute approximate surface area is 116 Å². The fourth-order valence-corrected chi connectivity index (χ4v) is 2.31. The van der Waals surface area contributed by atoms with Crippen LogP contribution in [-0.4, -0.2) is 17.4 Å². The van der Waals surface area contributed by atoms with Crippen molar-refractivity contribution in [2.75, 3.05) is 6.54 Å². The van der Waals surface area contributed by atoms with E-state index in [0.29, 0.717) is 12.1 Å². The van der Waals surface area contributed by atoms with E-state index in [0.717, 1.165) is 29.4 Å². The maximum Gasteiger partial charge on any atom is 0.258 e. The summed E-state index contributed by atoms with van der Waals surface area (Å²) in [6.45, 7) is 0.334. The van der Waals surface area contributed by atoms with Gasteiger partial charge in [-0.3, -0.25) is 4.79 Å². The Balaban J connectivity index is 2.23. The van der Waals surface area contributed by atoms with Crippen molar-refractivity contribution in [1.29, 1.82) is 0 Å². The van der Waals surface area contributed by atoms with E-state index < -0.39 is 0 Å². The van der Waals surface area contributed by atoms with Gasteiger partial charge in [-0.05, 0) is 43.5 Å². The highest BCUT2D eigenvalue weighted by Crippen LogP contribution is 2.23. The molecule has 1 aromatic carbocycles. The first kappa shape index (κ1) is 12.9. The minimum atomic E-state index is -0.0198. The third-order valence-corrected chi connectivity index (χ3v) is 3.48. The number of carbonyl (C=O) groups excluding carboxylic acids is 1. The molecule has 0 saturated carbocycles. The van der Waals surface area contributed by atoms with Crippen molar-refractivity contribution >= 4 is 21.8 Å². The second kappa shape index (κ2) is 5.88. The molecule has 1 aromatic rings. The molecule has 1 aliphatic rings. The van der Waals surface area contributed by atoms with E-state index in [9.17, 15) is 4.79 Å². The number of hydrogen-bond acceptors (Lipinski definition) is 1. The van der Waals surface area contributed by atoms with Crippen LogP contribution in [0.4, 0.5) is 0 Å². The lowest BCUT2D eigenvalue weighted by atomic mass is 10.2. The molecule has 0 aliphatic heterocycles. The minimum absolute atomic E-state index is 0.0198. The fourth-order valence-electron chi connectivity index (χ4n) is 2.04. The van der Waals surface area contributed by atoms with Crippen LogP contribution in [0, 0.1) is 12.3 Å². The summed E-state index contributed by atoms with van der Waals surface area (Å²) in [6.07, 6.45) is 10.5. The number of nitrogens with zero attached hydrogens (tertiary/aromatic N) is 1. The summed E-state index contributed by atoms with van der Waals surface area (Å²) in [6, 6.07) is 7.35. The normalized spacial score (nSPS) is 13.9. The molecule has 92 valence electrons. The molecule has 0 bridgehead atoms. The van der Waals surface area contributed by atoms with Gasteiger partial charge >= 0.3 is 0 Å². The topological polar surface area (TPSA) is 20.3 Å². The summed E-state index contributed by atoms with van der Waals surface area (Å²) in [5.74, 6) is 2.54. The predicted octanol–water partition coefficient (Wildman–Crippen LogP) is 3.59. The van der Waals surface area contributed by atoms with E-state index in [4.69, 9.17) is 6.42 Å². The van der Waals surface area contributed by atoms with E-state index in [2.05, 4.69) is 27.9 Å². The third-order valence-electron chi connectivity index (χ3n) is 2.95. The highest BCUT2D eigenvalue weighted by atomic mass is 79.9. The second-order valence-electron chi connectivity index (χ2n) is 4.19. The standard InChI is InChI=1S/C15H14BrNO/c1-2-11-17(14-5-3-4-6-14)15(18)12-7-9-13(16)10-8-12/h1,5,7-10H,3-4,6,11H2. The van der Waals surface area contributed by atoms with Gasteiger partial charge in [0, 0.05) is 15.7 Å². The number of hydrogen-bond donors (Lipinski definition) is 0. The summed E-state index contributed by atoms with van der Waals surface area (Å²) >= 11 is 3.36. The van der Waals surface area contributed by atoms with Crippen molar-refractivity contribution in [3.63, 3.8) is 0 Å². The Kier molecular flexibility index (Phi) is 4.22. The van der Waals surface area contributed by atoms with Crippen molar-refractivity contribution in [1.82, 2.24) is 4.90 Å². The molecule has 0 N–H and O–H groups in total. The van der Waals surface area contributed by atoms with Gasteiger partial charge in [0.25, 0.3) is 5.91 Å². The molecule has 0 fully saturated rings. The Morgan fingerprint density at radius 2 is 2.11 bits per heavy atom. The molecule has 0 radical (unpaired) electrons. The Morgan fingerprint density at radius 1 is 1.39 bits per heavy atom. The van der Waals surface area contributed by atoms with Gasteiger partial charge in [0.05, 0.1) is 6.54 Å². The molecule has 0 heterocycles. The van der Waals surface area contributed by atoms with Crippen molar-refractivity contribution in [3.05, 3.63) is 46.1 Å². The summed E-state index contributed by atoms with van der Waals surface area (Å²) < 4.78 is 0.961. The first-order chi connectivity index (χ1) is 8.72. The average Bonchev–Trinajstić information content (AvgIpc) is 2.90. The van der Waals surface area contributed by atoms with Crippen LogP contribution in [0.5, 0.6) is 0 Å². The molecular formula is C15H14BrNO. The zero-order chi connectivity index (χ0) is 13.0. The van der Waals surface area contributed by atoms with Crippen LogP contribution in [0.2, 0.25) is 0 Å². The zero-order valence-corrected chi connectivity index (χ0v) is 11.6. The molecule has 1 amide bonds. The van der Waals surface area contributed by atoms with Gasteiger partial charge in [-0.1, -0.05) is 27.9 Å². The molecule has 0 spiro atoms. The van der Waals surface area contributed by atoms with Crippen molar-refractivity contribution in [2.24, 2.45) is 0 Å². The van der Waals surface area contributed by atoms with Crippen LogP contribution in [0.1, 0.15) is 29.6 Å². The highest BCUT2D eigenvalue weighted by Gasteiger charge is 2.20. The largest absolute Gasteiger partial charge is 0.301 e.